The van der Waals surface area contributed by atoms with Crippen LogP contribution >= 0.6 is 0 Å². The van der Waals surface area contributed by atoms with Gasteiger partial charge in [-0.2, -0.15) is 15.0 Å². The molecule has 0 saturated carbocycles. The van der Waals surface area contributed by atoms with Gasteiger partial charge in [0.25, 0.3) is 5.92 Å². The van der Waals surface area contributed by atoms with E-state index in [1.807, 2.05) is 6.92 Å². The number of nitrogen functional groups attached to an aromatic ring is 1. The molecule has 0 fully saturated rings. The van der Waals surface area contributed by atoms with Crippen molar-refractivity contribution in [2.24, 2.45) is 5.84 Å². The van der Waals surface area contributed by atoms with Gasteiger partial charge in [-0.25, -0.2) is 14.6 Å². The second-order valence-corrected chi connectivity index (χ2v) is 3.63. The average Bonchev–Trinajstić information content (AvgIpc) is 2.42. The topological polar surface area (TPSA) is 118 Å². The largest absolute Gasteiger partial charge is 0.463 e. The molecule has 1 aromatic rings. The number of aromatic nitrogens is 3. The van der Waals surface area contributed by atoms with Crippen molar-refractivity contribution >= 4 is 11.9 Å². The number of nitrogens with zero attached hydrogens (tertiary/aromatic N) is 3. The fourth-order valence-electron chi connectivity index (χ4n) is 1.02. The molecule has 0 aliphatic rings. The SMILES string of the molecule is CCCOc1nc(NN)nc(NCC(F)(F)CO)n1. The Balaban J connectivity index is 2.76. The average molecular weight is 278 g/mol. The van der Waals surface area contributed by atoms with E-state index in [2.05, 4.69) is 25.7 Å². The second kappa shape index (κ2) is 6.95. The van der Waals surface area contributed by atoms with Gasteiger partial charge in [-0.15, -0.1) is 0 Å². The quantitative estimate of drug-likeness (QED) is 0.387. The van der Waals surface area contributed by atoms with Crippen LogP contribution in [0.3, 0.4) is 0 Å². The van der Waals surface area contributed by atoms with Crippen LogP contribution in [0.25, 0.3) is 0 Å². The number of nitrogens with one attached hydrogen (secondary N) is 2. The molecular formula is C9H16F2N6O2. The molecule has 0 aliphatic heterocycles. The van der Waals surface area contributed by atoms with Crippen LogP contribution in [0.5, 0.6) is 6.01 Å². The van der Waals surface area contributed by atoms with Crippen molar-refractivity contribution in [2.45, 2.75) is 19.3 Å². The van der Waals surface area contributed by atoms with Crippen LogP contribution in [0.4, 0.5) is 20.7 Å². The Hall–Kier alpha value is -1.81. The summed E-state index contributed by atoms with van der Waals surface area (Å²) in [6.07, 6.45) is 0.739. The van der Waals surface area contributed by atoms with Crippen LogP contribution in [-0.4, -0.2) is 45.7 Å². The van der Waals surface area contributed by atoms with Gasteiger partial charge < -0.3 is 15.2 Å². The van der Waals surface area contributed by atoms with Crippen LogP contribution < -0.4 is 21.3 Å². The minimum atomic E-state index is -3.27. The van der Waals surface area contributed by atoms with Crippen molar-refractivity contribution < 1.29 is 18.6 Å². The minimum Gasteiger partial charge on any atom is -0.463 e. The summed E-state index contributed by atoms with van der Waals surface area (Å²) < 4.78 is 30.9. The van der Waals surface area contributed by atoms with Gasteiger partial charge in [0.2, 0.25) is 11.9 Å². The summed E-state index contributed by atoms with van der Waals surface area (Å²) in [6.45, 7) is 0.182. The molecule has 5 N–H and O–H groups in total. The van der Waals surface area contributed by atoms with Gasteiger partial charge >= 0.3 is 6.01 Å². The van der Waals surface area contributed by atoms with Crippen molar-refractivity contribution in [1.29, 1.82) is 0 Å². The van der Waals surface area contributed by atoms with Gasteiger partial charge in [-0.1, -0.05) is 6.92 Å². The first-order valence-corrected chi connectivity index (χ1v) is 5.59. The van der Waals surface area contributed by atoms with Gasteiger partial charge in [0.05, 0.1) is 13.2 Å². The normalized spacial score (nSPS) is 11.2. The lowest BCUT2D eigenvalue weighted by atomic mass is 10.3. The molecule has 0 spiro atoms. The smallest absolute Gasteiger partial charge is 0.323 e. The van der Waals surface area contributed by atoms with E-state index in [-0.39, 0.29) is 17.9 Å². The molecule has 0 amide bonds. The zero-order valence-electron chi connectivity index (χ0n) is 10.4. The van der Waals surface area contributed by atoms with Gasteiger partial charge in [0.1, 0.15) is 6.61 Å². The summed E-state index contributed by atoms with van der Waals surface area (Å²) >= 11 is 0. The van der Waals surface area contributed by atoms with Crippen molar-refractivity contribution in [1.82, 2.24) is 15.0 Å². The first kappa shape index (κ1) is 15.2. The van der Waals surface area contributed by atoms with E-state index in [0.717, 1.165) is 6.42 Å². The van der Waals surface area contributed by atoms with Crippen LogP contribution in [0.2, 0.25) is 0 Å². The summed E-state index contributed by atoms with van der Waals surface area (Å²) in [5.74, 6) is 1.74. The molecule has 0 unspecified atom stereocenters. The highest BCUT2D eigenvalue weighted by atomic mass is 19.3. The van der Waals surface area contributed by atoms with Gasteiger partial charge in [0, 0.05) is 0 Å². The number of aliphatic hydroxyl groups excluding tert-OH is 1. The first-order chi connectivity index (χ1) is 9.00. The van der Waals surface area contributed by atoms with Crippen molar-refractivity contribution in [3.05, 3.63) is 0 Å². The van der Waals surface area contributed by atoms with E-state index in [9.17, 15) is 8.78 Å². The molecular weight excluding hydrogens is 262 g/mol. The van der Waals surface area contributed by atoms with Crippen molar-refractivity contribution in [2.75, 3.05) is 30.5 Å². The van der Waals surface area contributed by atoms with Gasteiger partial charge in [-0.3, -0.25) is 5.43 Å². The lowest BCUT2D eigenvalue weighted by Gasteiger charge is -2.14. The monoisotopic (exact) mass is 278 g/mol. The third kappa shape index (κ3) is 5.14. The van der Waals surface area contributed by atoms with Gasteiger partial charge in [-0.05, 0) is 6.42 Å². The zero-order chi connectivity index (χ0) is 14.3. The molecule has 10 heteroatoms. The molecule has 0 radical (unpaired) electrons. The maximum Gasteiger partial charge on any atom is 0.323 e. The van der Waals surface area contributed by atoms with E-state index in [1.165, 1.54) is 0 Å². The number of ether oxygens (including phenoxy) is 1. The number of hydrogen-bond acceptors (Lipinski definition) is 8. The number of hydrogen-bond donors (Lipinski definition) is 4. The lowest BCUT2D eigenvalue weighted by molar-refractivity contribution is -0.0374. The van der Waals surface area contributed by atoms with Gasteiger partial charge in [0.15, 0.2) is 0 Å². The third-order valence-electron chi connectivity index (χ3n) is 1.92. The molecule has 8 nitrogen and oxygen atoms in total. The Morgan fingerprint density at radius 1 is 1.32 bits per heavy atom. The predicted molar refractivity (Wildman–Crippen MR) is 63.9 cm³/mol. The Bertz CT molecular complexity index is 406. The highest BCUT2D eigenvalue weighted by Crippen LogP contribution is 2.15. The van der Waals surface area contributed by atoms with Crippen molar-refractivity contribution in [3.8, 4) is 6.01 Å². The first-order valence-electron chi connectivity index (χ1n) is 5.59. The standard InChI is InChI=1S/C9H16F2N6O2/c1-2-3-19-8-15-6(14-7(16-8)17-12)13-4-9(10,11)5-18/h18H,2-5,12H2,1H3,(H2,13,14,15,16,17). The van der Waals surface area contributed by atoms with Crippen LogP contribution in [0.15, 0.2) is 0 Å². The highest BCUT2D eigenvalue weighted by Gasteiger charge is 2.27. The Morgan fingerprint density at radius 3 is 2.58 bits per heavy atom. The summed E-state index contributed by atoms with van der Waals surface area (Å²) in [5, 5.41) is 10.7. The number of nitrogens with two attached hydrogens (primary N) is 1. The maximum absolute atomic E-state index is 12.9. The number of rotatable bonds is 8. The minimum absolute atomic E-state index is 0.0177. The van der Waals surface area contributed by atoms with E-state index < -0.39 is 19.1 Å². The summed E-state index contributed by atoms with van der Waals surface area (Å²) in [7, 11) is 0. The highest BCUT2D eigenvalue weighted by molar-refractivity contribution is 5.35. The Kier molecular flexibility index (Phi) is 5.57. The third-order valence-corrected chi connectivity index (χ3v) is 1.92. The van der Waals surface area contributed by atoms with Crippen LogP contribution in [-0.2, 0) is 0 Å². The number of hydrazine groups is 1. The summed E-state index contributed by atoms with van der Waals surface area (Å²) in [6, 6.07) is -0.0281. The zero-order valence-corrected chi connectivity index (χ0v) is 10.4. The van der Waals surface area contributed by atoms with Crippen LogP contribution in [0, 0.1) is 0 Å². The summed E-state index contributed by atoms with van der Waals surface area (Å²) in [4.78, 5) is 11.3. The molecule has 0 aliphatic carbocycles. The van der Waals surface area contributed by atoms with Crippen molar-refractivity contribution in [3.63, 3.8) is 0 Å². The number of aliphatic hydroxyl groups is 1. The van der Waals surface area contributed by atoms with E-state index in [0.29, 0.717) is 6.61 Å². The number of halogens is 2. The van der Waals surface area contributed by atoms with E-state index in [4.69, 9.17) is 15.7 Å². The lowest BCUT2D eigenvalue weighted by Crippen LogP contribution is -2.31. The number of alkyl halides is 2. The Labute approximate surface area is 108 Å². The number of anilines is 2. The molecule has 0 aromatic carbocycles. The molecule has 108 valence electrons. The predicted octanol–water partition coefficient (Wildman–Crippen LogP) is -0.0145. The molecule has 1 heterocycles. The molecule has 1 aromatic heterocycles. The van der Waals surface area contributed by atoms with E-state index in [1.54, 1.807) is 0 Å². The second-order valence-electron chi connectivity index (χ2n) is 3.63. The molecule has 0 atom stereocenters. The molecule has 0 bridgehead atoms. The molecule has 19 heavy (non-hydrogen) atoms. The fourth-order valence-corrected chi connectivity index (χ4v) is 1.02. The summed E-state index contributed by atoms with van der Waals surface area (Å²) in [5.41, 5.74) is 2.18. The van der Waals surface area contributed by atoms with E-state index >= 15 is 0 Å². The maximum atomic E-state index is 12.9. The fraction of sp³-hybridized carbons (Fsp3) is 0.667. The van der Waals surface area contributed by atoms with Crippen LogP contribution in [0.1, 0.15) is 13.3 Å². The molecule has 0 saturated heterocycles. The Morgan fingerprint density at radius 2 is 2.00 bits per heavy atom. The molecule has 1 rings (SSSR count).